The quantitative estimate of drug-likeness (QED) is 0.628. The molecule has 1 heterocycles. The molecule has 106 valence electrons. The average Bonchev–Trinajstić information content (AvgIpc) is 2.86. The van der Waals surface area contributed by atoms with E-state index >= 15 is 0 Å². The molecule has 0 N–H and O–H groups in total. The molecule has 0 aliphatic rings. The zero-order valence-electron chi connectivity index (χ0n) is 11.3. The number of carbonyl (C=O) groups excluding carboxylic acids is 1. The highest BCUT2D eigenvalue weighted by Gasteiger charge is 2.13. The normalized spacial score (nSPS) is 11.0. The molecule has 0 fully saturated rings. The first-order valence-corrected chi connectivity index (χ1v) is 7.32. The van der Waals surface area contributed by atoms with Crippen molar-refractivity contribution in [1.29, 1.82) is 0 Å². The Hall–Kier alpha value is -2.07. The fourth-order valence-electron chi connectivity index (χ4n) is 2.23. The summed E-state index contributed by atoms with van der Waals surface area (Å²) in [4.78, 5) is 12.9. The van der Waals surface area contributed by atoms with Gasteiger partial charge in [0.1, 0.15) is 11.6 Å². The molecular weight excluding hydrogens is 290 g/mol. The number of Topliss-reactive ketones (excluding diaryl/α,β-unsaturated/α-hetero) is 1. The van der Waals surface area contributed by atoms with Gasteiger partial charge in [-0.05, 0) is 53.8 Å². The molecule has 0 spiro atoms. The average molecular weight is 302 g/mol. The summed E-state index contributed by atoms with van der Waals surface area (Å²) in [5.41, 5.74) is 1.57. The van der Waals surface area contributed by atoms with Gasteiger partial charge in [0, 0.05) is 11.1 Å². The maximum Gasteiger partial charge on any atom is 0.177 e. The number of ketones is 1. The van der Waals surface area contributed by atoms with E-state index in [0.717, 1.165) is 15.6 Å². The Bertz CT molecular complexity index is 836. The Morgan fingerprint density at radius 1 is 1.05 bits per heavy atom. The van der Waals surface area contributed by atoms with Crippen LogP contribution in [-0.2, 0) is 6.42 Å². The summed E-state index contributed by atoms with van der Waals surface area (Å²) in [6.45, 7) is 1.85. The molecule has 0 unspecified atom stereocenters. The number of hydrogen-bond acceptors (Lipinski definition) is 2. The highest BCUT2D eigenvalue weighted by molar-refractivity contribution is 7.20. The molecule has 0 bridgehead atoms. The molecule has 1 aromatic heterocycles. The van der Waals surface area contributed by atoms with Crippen LogP contribution in [0.25, 0.3) is 10.1 Å². The third kappa shape index (κ3) is 2.85. The minimum atomic E-state index is -0.346. The molecule has 0 atom stereocenters. The van der Waals surface area contributed by atoms with Gasteiger partial charge in [0.15, 0.2) is 5.78 Å². The Labute approximate surface area is 124 Å². The fourth-order valence-corrected chi connectivity index (χ4v) is 3.26. The van der Waals surface area contributed by atoms with E-state index in [0.29, 0.717) is 10.4 Å². The summed E-state index contributed by atoms with van der Waals surface area (Å²) in [6.07, 6.45) is 0.152. The lowest BCUT2D eigenvalue weighted by Crippen LogP contribution is -2.03. The third-order valence-corrected chi connectivity index (χ3v) is 4.56. The maximum absolute atomic E-state index is 13.3. The van der Waals surface area contributed by atoms with Gasteiger partial charge in [-0.2, -0.15) is 0 Å². The molecular formula is C17H12F2OS. The summed E-state index contributed by atoms with van der Waals surface area (Å²) in [7, 11) is 0. The second kappa shape index (κ2) is 5.37. The van der Waals surface area contributed by atoms with Crippen molar-refractivity contribution >= 4 is 27.2 Å². The lowest BCUT2D eigenvalue weighted by atomic mass is 10.0. The summed E-state index contributed by atoms with van der Waals surface area (Å²) >= 11 is 1.27. The first-order chi connectivity index (χ1) is 10.0. The van der Waals surface area contributed by atoms with E-state index in [1.165, 1.54) is 35.6 Å². The monoisotopic (exact) mass is 302 g/mol. The number of benzene rings is 2. The van der Waals surface area contributed by atoms with Crippen molar-refractivity contribution in [2.45, 2.75) is 13.3 Å². The summed E-state index contributed by atoms with van der Waals surface area (Å²) in [5.74, 6) is -0.739. The van der Waals surface area contributed by atoms with Crippen LogP contribution in [0.3, 0.4) is 0 Å². The molecule has 2 aromatic carbocycles. The zero-order valence-corrected chi connectivity index (χ0v) is 12.1. The molecule has 0 saturated heterocycles. The molecule has 0 radical (unpaired) electrons. The number of thiophene rings is 1. The fraction of sp³-hybridized carbons (Fsp3) is 0.118. The summed E-state index contributed by atoms with van der Waals surface area (Å²) in [5, 5.41) is 0.848. The van der Waals surface area contributed by atoms with E-state index in [4.69, 9.17) is 0 Å². The van der Waals surface area contributed by atoms with Gasteiger partial charge in [-0.15, -0.1) is 11.3 Å². The Balaban J connectivity index is 1.91. The number of halogens is 2. The van der Waals surface area contributed by atoms with Gasteiger partial charge >= 0.3 is 0 Å². The molecule has 1 nitrogen and oxygen atoms in total. The van der Waals surface area contributed by atoms with Gasteiger partial charge < -0.3 is 0 Å². The second-order valence-corrected chi connectivity index (χ2v) is 6.05. The van der Waals surface area contributed by atoms with Crippen LogP contribution in [0, 0.1) is 18.6 Å². The molecule has 3 aromatic rings. The molecule has 0 aliphatic carbocycles. The predicted octanol–water partition coefficient (Wildman–Crippen LogP) is 4.91. The van der Waals surface area contributed by atoms with Crippen LogP contribution in [0.2, 0.25) is 0 Å². The number of carbonyl (C=O) groups is 1. The maximum atomic E-state index is 13.3. The van der Waals surface area contributed by atoms with Gasteiger partial charge in [-0.3, -0.25) is 4.79 Å². The first-order valence-electron chi connectivity index (χ1n) is 6.50. The second-order valence-electron chi connectivity index (χ2n) is 4.96. The summed E-state index contributed by atoms with van der Waals surface area (Å²) < 4.78 is 27.2. The number of hydrogen-bond donors (Lipinski definition) is 0. The van der Waals surface area contributed by atoms with Gasteiger partial charge in [0.2, 0.25) is 0 Å². The van der Waals surface area contributed by atoms with Gasteiger partial charge in [0.25, 0.3) is 0 Å². The predicted molar refractivity (Wildman–Crippen MR) is 81.0 cm³/mol. The smallest absolute Gasteiger partial charge is 0.177 e. The number of aryl methyl sites for hydroxylation is 1. The van der Waals surface area contributed by atoms with Crippen molar-refractivity contribution in [3.05, 3.63) is 70.1 Å². The third-order valence-electron chi connectivity index (χ3n) is 3.42. The van der Waals surface area contributed by atoms with E-state index in [2.05, 4.69) is 0 Å². The van der Waals surface area contributed by atoms with E-state index in [-0.39, 0.29) is 23.8 Å². The van der Waals surface area contributed by atoms with Crippen molar-refractivity contribution in [3.63, 3.8) is 0 Å². The van der Waals surface area contributed by atoms with Crippen molar-refractivity contribution in [3.8, 4) is 0 Å². The minimum absolute atomic E-state index is 0.0784. The SMILES string of the molecule is Cc1ccc(F)cc1CC(=O)c1cc2ccc(F)cc2s1. The highest BCUT2D eigenvalue weighted by Crippen LogP contribution is 2.27. The summed E-state index contributed by atoms with van der Waals surface area (Å²) in [6, 6.07) is 10.6. The van der Waals surface area contributed by atoms with E-state index in [9.17, 15) is 13.6 Å². The van der Waals surface area contributed by atoms with Crippen molar-refractivity contribution in [2.24, 2.45) is 0 Å². The van der Waals surface area contributed by atoms with Gasteiger partial charge in [0.05, 0.1) is 4.88 Å². The molecule has 4 heteroatoms. The first kappa shape index (κ1) is 13.9. The van der Waals surface area contributed by atoms with Crippen LogP contribution >= 0.6 is 11.3 Å². The highest BCUT2D eigenvalue weighted by atomic mass is 32.1. The van der Waals surface area contributed by atoms with E-state index in [1.807, 2.05) is 6.92 Å². The van der Waals surface area contributed by atoms with Crippen LogP contribution in [0.1, 0.15) is 20.8 Å². The standard InChI is InChI=1S/C17H12F2OS/c1-10-2-4-13(18)6-12(10)7-15(20)17-8-11-3-5-14(19)9-16(11)21-17/h2-6,8-9H,7H2,1H3. The molecule has 3 rings (SSSR count). The number of rotatable bonds is 3. The van der Waals surface area contributed by atoms with Gasteiger partial charge in [-0.1, -0.05) is 12.1 Å². The van der Waals surface area contributed by atoms with Crippen molar-refractivity contribution < 1.29 is 13.6 Å². The lowest BCUT2D eigenvalue weighted by molar-refractivity contribution is 0.0996. The van der Waals surface area contributed by atoms with Crippen molar-refractivity contribution in [1.82, 2.24) is 0 Å². The lowest BCUT2D eigenvalue weighted by Gasteiger charge is -2.04. The van der Waals surface area contributed by atoms with Crippen molar-refractivity contribution in [2.75, 3.05) is 0 Å². The van der Waals surface area contributed by atoms with Crippen LogP contribution in [0.5, 0.6) is 0 Å². The van der Waals surface area contributed by atoms with E-state index < -0.39 is 0 Å². The topological polar surface area (TPSA) is 17.1 Å². The molecule has 0 amide bonds. The van der Waals surface area contributed by atoms with Crippen LogP contribution < -0.4 is 0 Å². The Morgan fingerprint density at radius 3 is 2.57 bits per heavy atom. The molecule has 0 aliphatic heterocycles. The van der Waals surface area contributed by atoms with Crippen LogP contribution in [0.15, 0.2) is 42.5 Å². The zero-order chi connectivity index (χ0) is 15.0. The molecule has 0 saturated carbocycles. The van der Waals surface area contributed by atoms with E-state index in [1.54, 1.807) is 18.2 Å². The molecule has 21 heavy (non-hydrogen) atoms. The van der Waals surface area contributed by atoms with Crippen LogP contribution in [0.4, 0.5) is 8.78 Å². The van der Waals surface area contributed by atoms with Gasteiger partial charge in [-0.25, -0.2) is 8.78 Å². The number of fused-ring (bicyclic) bond motifs is 1. The minimum Gasteiger partial charge on any atom is -0.293 e. The Kier molecular flexibility index (Phi) is 3.55. The van der Waals surface area contributed by atoms with Crippen LogP contribution in [-0.4, -0.2) is 5.78 Å². The Morgan fingerprint density at radius 2 is 1.76 bits per heavy atom. The largest absolute Gasteiger partial charge is 0.293 e.